The van der Waals surface area contributed by atoms with Gasteiger partial charge in [-0.1, -0.05) is 43.7 Å². The fourth-order valence-electron chi connectivity index (χ4n) is 2.86. The minimum absolute atomic E-state index is 0.0222. The first kappa shape index (κ1) is 18.3. The highest BCUT2D eigenvalue weighted by atomic mass is 16.2. The zero-order chi connectivity index (χ0) is 17.4. The van der Waals surface area contributed by atoms with Gasteiger partial charge in [0.15, 0.2) is 6.04 Å². The summed E-state index contributed by atoms with van der Waals surface area (Å²) < 4.78 is 0. The highest BCUT2D eigenvalue weighted by molar-refractivity contribution is 5.81. The maximum Gasteiger partial charge on any atom is 0.317 e. The summed E-state index contributed by atoms with van der Waals surface area (Å²) in [6, 6.07) is 9.65. The molecule has 132 valence electrons. The van der Waals surface area contributed by atoms with Crippen LogP contribution in [-0.2, 0) is 11.2 Å². The van der Waals surface area contributed by atoms with E-state index in [0.29, 0.717) is 39.1 Å². The summed E-state index contributed by atoms with van der Waals surface area (Å²) in [7, 11) is 0. The number of hydrogen-bond donors (Lipinski definition) is 2. The summed E-state index contributed by atoms with van der Waals surface area (Å²) in [5.41, 5.74) is 5.15. The molecule has 2 rings (SSSR count). The second-order valence-electron chi connectivity index (χ2n) is 6.28. The summed E-state index contributed by atoms with van der Waals surface area (Å²) in [6.45, 7) is 5.15. The van der Waals surface area contributed by atoms with E-state index in [4.69, 9.17) is 0 Å². The fourth-order valence-corrected chi connectivity index (χ4v) is 2.86. The number of rotatable bonds is 6. The van der Waals surface area contributed by atoms with E-state index in [1.54, 1.807) is 4.90 Å². The Morgan fingerprint density at radius 1 is 1.12 bits per heavy atom. The molecule has 0 spiro atoms. The number of carbonyl (C=O) groups is 2. The number of carbonyl (C=O) groups excluding carboxylic acids is 2. The van der Waals surface area contributed by atoms with Crippen LogP contribution in [0, 0.1) is 0 Å². The lowest BCUT2D eigenvalue weighted by Gasteiger charge is -2.35. The van der Waals surface area contributed by atoms with E-state index in [9.17, 15) is 9.59 Å². The SMILES string of the molecule is CCCCNC(=O)N1CCN(C(=O)[C@@H]([NH3+])Cc2ccccc2)CC1. The molecule has 24 heavy (non-hydrogen) atoms. The molecule has 1 aromatic rings. The smallest absolute Gasteiger partial charge is 0.317 e. The van der Waals surface area contributed by atoms with Crippen LogP contribution in [0.15, 0.2) is 30.3 Å². The molecule has 1 aliphatic heterocycles. The topological polar surface area (TPSA) is 80.3 Å². The van der Waals surface area contributed by atoms with E-state index in [-0.39, 0.29) is 18.0 Å². The molecule has 6 heteroatoms. The van der Waals surface area contributed by atoms with E-state index >= 15 is 0 Å². The van der Waals surface area contributed by atoms with Gasteiger partial charge in [0.05, 0.1) is 0 Å². The van der Waals surface area contributed by atoms with Gasteiger partial charge >= 0.3 is 6.03 Å². The van der Waals surface area contributed by atoms with E-state index in [1.807, 2.05) is 35.2 Å². The van der Waals surface area contributed by atoms with Gasteiger partial charge in [0, 0.05) is 39.1 Å². The van der Waals surface area contributed by atoms with Gasteiger partial charge in [-0.2, -0.15) is 0 Å². The number of quaternary nitrogens is 1. The van der Waals surface area contributed by atoms with Gasteiger partial charge in [-0.05, 0) is 12.0 Å². The number of nitrogens with one attached hydrogen (secondary N) is 1. The second-order valence-corrected chi connectivity index (χ2v) is 6.28. The monoisotopic (exact) mass is 333 g/mol. The summed E-state index contributed by atoms with van der Waals surface area (Å²) >= 11 is 0. The van der Waals surface area contributed by atoms with Gasteiger partial charge in [0.1, 0.15) is 0 Å². The van der Waals surface area contributed by atoms with E-state index in [2.05, 4.69) is 18.0 Å². The molecule has 1 aliphatic rings. The predicted octanol–water partition coefficient (Wildman–Crippen LogP) is 0.494. The molecule has 0 bridgehead atoms. The number of urea groups is 1. The molecule has 0 unspecified atom stereocenters. The Kier molecular flexibility index (Phi) is 7.06. The lowest BCUT2D eigenvalue weighted by atomic mass is 10.1. The Labute approximate surface area is 144 Å². The van der Waals surface area contributed by atoms with Crippen LogP contribution in [0.4, 0.5) is 4.79 Å². The summed E-state index contributed by atoms with van der Waals surface area (Å²) in [5, 5.41) is 2.92. The van der Waals surface area contributed by atoms with Gasteiger partial charge < -0.3 is 20.9 Å². The molecule has 0 saturated carbocycles. The van der Waals surface area contributed by atoms with Gasteiger partial charge in [-0.25, -0.2) is 4.79 Å². The molecule has 6 nitrogen and oxygen atoms in total. The molecular formula is C18H29N4O2+. The van der Waals surface area contributed by atoms with Crippen LogP contribution in [0.1, 0.15) is 25.3 Å². The lowest BCUT2D eigenvalue weighted by molar-refractivity contribution is -0.405. The van der Waals surface area contributed by atoms with Crippen molar-refractivity contribution in [2.75, 3.05) is 32.7 Å². The zero-order valence-corrected chi connectivity index (χ0v) is 14.5. The van der Waals surface area contributed by atoms with E-state index in [1.165, 1.54) is 0 Å². The van der Waals surface area contributed by atoms with E-state index in [0.717, 1.165) is 18.4 Å². The molecular weight excluding hydrogens is 304 g/mol. The third-order valence-electron chi connectivity index (χ3n) is 4.36. The number of piperazine rings is 1. The second kappa shape index (κ2) is 9.27. The van der Waals surface area contributed by atoms with Crippen molar-refractivity contribution in [1.29, 1.82) is 0 Å². The zero-order valence-electron chi connectivity index (χ0n) is 14.5. The first-order valence-electron chi connectivity index (χ1n) is 8.80. The number of amides is 3. The van der Waals surface area contributed by atoms with Gasteiger partial charge in [-0.3, -0.25) is 4.79 Å². The van der Waals surface area contributed by atoms with Crippen molar-refractivity contribution >= 4 is 11.9 Å². The van der Waals surface area contributed by atoms with Gasteiger partial charge in [0.25, 0.3) is 5.91 Å². The number of nitrogens with zero attached hydrogens (tertiary/aromatic N) is 2. The van der Waals surface area contributed by atoms with Gasteiger partial charge in [0.2, 0.25) is 0 Å². The fraction of sp³-hybridized carbons (Fsp3) is 0.556. The van der Waals surface area contributed by atoms with Crippen LogP contribution >= 0.6 is 0 Å². The standard InChI is InChI=1S/C18H28N4O2/c1-2-3-9-20-18(24)22-12-10-21(11-13-22)17(23)16(19)14-15-7-5-4-6-8-15/h4-8,16H,2-3,9-14,19H2,1H3,(H,20,24)/p+1/t16-/m0/s1. The Bertz CT molecular complexity index is 527. The Morgan fingerprint density at radius 2 is 1.75 bits per heavy atom. The van der Waals surface area contributed by atoms with Crippen molar-refractivity contribution in [2.24, 2.45) is 0 Å². The van der Waals surface area contributed by atoms with Crippen LogP contribution in [0.2, 0.25) is 0 Å². The minimum atomic E-state index is -0.280. The first-order valence-corrected chi connectivity index (χ1v) is 8.80. The van der Waals surface area contributed by atoms with Crippen molar-refractivity contribution in [3.63, 3.8) is 0 Å². The summed E-state index contributed by atoms with van der Waals surface area (Å²) in [6.07, 6.45) is 2.71. The third kappa shape index (κ3) is 5.23. The Hall–Kier alpha value is -2.08. The largest absolute Gasteiger partial charge is 0.347 e. The van der Waals surface area contributed by atoms with Crippen LogP contribution in [0.5, 0.6) is 0 Å². The van der Waals surface area contributed by atoms with Crippen LogP contribution < -0.4 is 11.1 Å². The van der Waals surface area contributed by atoms with Gasteiger partial charge in [-0.15, -0.1) is 0 Å². The maximum absolute atomic E-state index is 12.5. The third-order valence-corrected chi connectivity index (χ3v) is 4.36. The van der Waals surface area contributed by atoms with Crippen LogP contribution in [-0.4, -0.2) is 60.5 Å². The minimum Gasteiger partial charge on any atom is -0.347 e. The summed E-state index contributed by atoms with van der Waals surface area (Å²) in [5.74, 6) is 0.0740. The predicted molar refractivity (Wildman–Crippen MR) is 93.3 cm³/mol. The van der Waals surface area contributed by atoms with Crippen LogP contribution in [0.25, 0.3) is 0 Å². The molecule has 0 aromatic heterocycles. The molecule has 1 fully saturated rings. The molecule has 0 aliphatic carbocycles. The number of benzene rings is 1. The molecule has 3 amide bonds. The number of hydrogen-bond acceptors (Lipinski definition) is 2. The van der Waals surface area contributed by atoms with Crippen molar-refractivity contribution in [1.82, 2.24) is 15.1 Å². The molecule has 0 radical (unpaired) electrons. The van der Waals surface area contributed by atoms with Crippen molar-refractivity contribution in [3.8, 4) is 0 Å². The van der Waals surface area contributed by atoms with Crippen molar-refractivity contribution in [3.05, 3.63) is 35.9 Å². The highest BCUT2D eigenvalue weighted by Gasteiger charge is 2.28. The average Bonchev–Trinajstić information content (AvgIpc) is 2.62. The molecule has 4 N–H and O–H groups in total. The normalized spacial score (nSPS) is 15.9. The van der Waals surface area contributed by atoms with Crippen molar-refractivity contribution in [2.45, 2.75) is 32.2 Å². The summed E-state index contributed by atoms with van der Waals surface area (Å²) in [4.78, 5) is 28.2. The van der Waals surface area contributed by atoms with Crippen molar-refractivity contribution < 1.29 is 15.3 Å². The molecule has 1 aromatic carbocycles. The quantitative estimate of drug-likeness (QED) is 0.743. The van der Waals surface area contributed by atoms with Crippen LogP contribution in [0.3, 0.4) is 0 Å². The molecule has 1 heterocycles. The molecule has 1 atom stereocenters. The first-order chi connectivity index (χ1) is 11.6. The average molecular weight is 333 g/mol. The number of unbranched alkanes of at least 4 members (excludes halogenated alkanes) is 1. The maximum atomic E-state index is 12.5. The van der Waals surface area contributed by atoms with E-state index < -0.39 is 0 Å². The lowest BCUT2D eigenvalue weighted by Crippen LogP contribution is -2.70. The molecule has 1 saturated heterocycles. The Balaban J connectivity index is 1.76. The highest BCUT2D eigenvalue weighted by Crippen LogP contribution is 2.07. The Morgan fingerprint density at radius 3 is 2.38 bits per heavy atom.